The molecule has 0 spiro atoms. The van der Waals surface area contributed by atoms with Gasteiger partial charge >= 0.3 is 5.97 Å². The van der Waals surface area contributed by atoms with Gasteiger partial charge in [-0.05, 0) is 42.9 Å². The highest BCUT2D eigenvalue weighted by molar-refractivity contribution is 9.10. The quantitative estimate of drug-likeness (QED) is 0.877. The Bertz CT molecular complexity index is 404. The predicted octanol–water partition coefficient (Wildman–Crippen LogP) is 2.50. The molecule has 0 aromatic heterocycles. The molecule has 1 aromatic carbocycles. The van der Waals surface area contributed by atoms with Crippen molar-refractivity contribution in [3.05, 3.63) is 34.3 Å². The van der Waals surface area contributed by atoms with Crippen molar-refractivity contribution in [3.63, 3.8) is 0 Å². The molecule has 0 amide bonds. The maximum Gasteiger partial charge on any atom is 0.323 e. The van der Waals surface area contributed by atoms with Crippen molar-refractivity contribution >= 4 is 21.9 Å². The van der Waals surface area contributed by atoms with Gasteiger partial charge < -0.3 is 10.8 Å². The van der Waals surface area contributed by atoms with Crippen LogP contribution in [0, 0.1) is 0 Å². The number of nitrogens with two attached hydrogens (primary N) is 1. The summed E-state index contributed by atoms with van der Waals surface area (Å²) in [5.41, 5.74) is 6.00. The first-order chi connectivity index (χ1) is 7.51. The zero-order chi connectivity index (χ0) is 11.8. The molecule has 2 atom stereocenters. The molecule has 4 heteroatoms. The molecule has 3 nitrogen and oxygen atoms in total. The molecular weight excluding hydrogens is 270 g/mol. The second kappa shape index (κ2) is 4.18. The van der Waals surface area contributed by atoms with Crippen LogP contribution in [-0.2, 0) is 4.79 Å². The largest absolute Gasteiger partial charge is 0.480 e. The number of rotatable bonds is 2. The molecule has 0 saturated heterocycles. The molecule has 1 fully saturated rings. The van der Waals surface area contributed by atoms with Crippen LogP contribution >= 0.6 is 15.9 Å². The maximum atomic E-state index is 11.0. The SMILES string of the molecule is N[C@@]1(C(=O)O)CCC(c2ccc(Br)cc2)C1. The lowest BCUT2D eigenvalue weighted by molar-refractivity contribution is -0.143. The molecule has 0 bridgehead atoms. The lowest BCUT2D eigenvalue weighted by Crippen LogP contribution is -2.45. The summed E-state index contributed by atoms with van der Waals surface area (Å²) in [6, 6.07) is 8.02. The normalized spacial score (nSPS) is 29.2. The Balaban J connectivity index is 2.15. The Morgan fingerprint density at radius 3 is 2.56 bits per heavy atom. The van der Waals surface area contributed by atoms with Crippen molar-refractivity contribution in [2.24, 2.45) is 5.73 Å². The first kappa shape index (κ1) is 11.6. The average Bonchev–Trinajstić information content (AvgIpc) is 2.63. The highest BCUT2D eigenvalue weighted by Crippen LogP contribution is 2.39. The molecular formula is C12H14BrNO2. The number of carboxylic acid groups (broad SMARTS) is 1. The molecule has 2 rings (SSSR count). The van der Waals surface area contributed by atoms with E-state index in [0.29, 0.717) is 12.8 Å². The number of halogens is 1. The van der Waals surface area contributed by atoms with Crippen LogP contribution in [0.2, 0.25) is 0 Å². The second-order valence-electron chi connectivity index (χ2n) is 4.45. The van der Waals surface area contributed by atoms with Gasteiger partial charge in [0.05, 0.1) is 0 Å². The summed E-state index contributed by atoms with van der Waals surface area (Å²) in [5.74, 6) is -0.610. The first-order valence-electron chi connectivity index (χ1n) is 5.29. The van der Waals surface area contributed by atoms with Gasteiger partial charge in [0.1, 0.15) is 5.54 Å². The van der Waals surface area contributed by atoms with E-state index in [4.69, 9.17) is 10.8 Å². The zero-order valence-corrected chi connectivity index (χ0v) is 10.4. The molecule has 1 unspecified atom stereocenters. The number of carbonyl (C=O) groups is 1. The lowest BCUT2D eigenvalue weighted by atomic mass is 9.93. The summed E-state index contributed by atoms with van der Waals surface area (Å²) in [6.45, 7) is 0. The highest BCUT2D eigenvalue weighted by atomic mass is 79.9. The van der Waals surface area contributed by atoms with E-state index in [1.54, 1.807) is 0 Å². The highest BCUT2D eigenvalue weighted by Gasteiger charge is 2.42. The van der Waals surface area contributed by atoms with Gasteiger partial charge in [-0.1, -0.05) is 28.1 Å². The topological polar surface area (TPSA) is 63.3 Å². The van der Waals surface area contributed by atoms with Gasteiger partial charge in [0.25, 0.3) is 0 Å². The van der Waals surface area contributed by atoms with Gasteiger partial charge in [-0.15, -0.1) is 0 Å². The second-order valence-corrected chi connectivity index (χ2v) is 5.37. The molecule has 3 N–H and O–H groups in total. The van der Waals surface area contributed by atoms with Crippen LogP contribution in [0.25, 0.3) is 0 Å². The summed E-state index contributed by atoms with van der Waals surface area (Å²) in [5, 5.41) is 9.05. The van der Waals surface area contributed by atoms with Gasteiger partial charge in [0.2, 0.25) is 0 Å². The fourth-order valence-corrected chi connectivity index (χ4v) is 2.55. The van der Waals surface area contributed by atoms with E-state index in [1.165, 1.54) is 5.56 Å². The van der Waals surface area contributed by atoms with Crippen LogP contribution in [0.5, 0.6) is 0 Å². The van der Waals surface area contributed by atoms with Crippen molar-refractivity contribution in [3.8, 4) is 0 Å². The minimum absolute atomic E-state index is 0.272. The Labute approximate surface area is 103 Å². The minimum Gasteiger partial charge on any atom is -0.480 e. The maximum absolute atomic E-state index is 11.0. The van der Waals surface area contributed by atoms with Gasteiger partial charge in [-0.25, -0.2) is 0 Å². The number of hydrogen-bond acceptors (Lipinski definition) is 2. The van der Waals surface area contributed by atoms with Crippen molar-refractivity contribution in [2.75, 3.05) is 0 Å². The fourth-order valence-electron chi connectivity index (χ4n) is 2.29. The number of aliphatic carboxylic acids is 1. The fraction of sp³-hybridized carbons (Fsp3) is 0.417. The summed E-state index contributed by atoms with van der Waals surface area (Å²) in [4.78, 5) is 11.0. The van der Waals surface area contributed by atoms with Crippen molar-refractivity contribution in [1.82, 2.24) is 0 Å². The van der Waals surface area contributed by atoms with Gasteiger partial charge in [0.15, 0.2) is 0 Å². The van der Waals surface area contributed by atoms with Gasteiger partial charge in [-0.3, -0.25) is 4.79 Å². The molecule has 0 heterocycles. The third kappa shape index (κ3) is 2.13. The van der Waals surface area contributed by atoms with Crippen LogP contribution in [0.3, 0.4) is 0 Å². The summed E-state index contributed by atoms with van der Waals surface area (Å²) >= 11 is 3.38. The van der Waals surface area contributed by atoms with Crippen LogP contribution < -0.4 is 5.73 Å². The van der Waals surface area contributed by atoms with E-state index in [2.05, 4.69) is 15.9 Å². The summed E-state index contributed by atoms with van der Waals surface area (Å²) in [7, 11) is 0. The van der Waals surface area contributed by atoms with E-state index in [1.807, 2.05) is 24.3 Å². The number of carboxylic acids is 1. The van der Waals surface area contributed by atoms with Gasteiger partial charge in [-0.2, -0.15) is 0 Å². The molecule has 0 radical (unpaired) electrons. The lowest BCUT2D eigenvalue weighted by Gasteiger charge is -2.18. The Morgan fingerprint density at radius 2 is 2.06 bits per heavy atom. The third-order valence-corrected chi connectivity index (χ3v) is 3.85. The van der Waals surface area contributed by atoms with Crippen LogP contribution in [0.15, 0.2) is 28.7 Å². The minimum atomic E-state index is -1.03. The molecule has 1 aliphatic carbocycles. The van der Waals surface area contributed by atoms with E-state index in [-0.39, 0.29) is 5.92 Å². The Hall–Kier alpha value is -0.870. The molecule has 0 aliphatic heterocycles. The molecule has 1 aromatic rings. The number of benzene rings is 1. The van der Waals surface area contributed by atoms with Crippen LogP contribution in [0.4, 0.5) is 0 Å². The van der Waals surface area contributed by atoms with Crippen LogP contribution in [0.1, 0.15) is 30.7 Å². The summed E-state index contributed by atoms with van der Waals surface area (Å²) in [6.07, 6.45) is 1.94. The van der Waals surface area contributed by atoms with Crippen LogP contribution in [-0.4, -0.2) is 16.6 Å². The standard InChI is InChI=1S/C12H14BrNO2/c13-10-3-1-8(2-4-10)9-5-6-12(14,7-9)11(15)16/h1-4,9H,5-7,14H2,(H,15,16)/t9?,12-/m0/s1. The van der Waals surface area contributed by atoms with E-state index >= 15 is 0 Å². The Morgan fingerprint density at radius 1 is 1.44 bits per heavy atom. The molecule has 86 valence electrons. The van der Waals surface area contributed by atoms with E-state index in [9.17, 15) is 4.79 Å². The molecule has 1 saturated carbocycles. The zero-order valence-electron chi connectivity index (χ0n) is 8.82. The average molecular weight is 284 g/mol. The van der Waals surface area contributed by atoms with Crippen molar-refractivity contribution < 1.29 is 9.90 Å². The Kier molecular flexibility index (Phi) is 3.04. The van der Waals surface area contributed by atoms with E-state index in [0.717, 1.165) is 10.9 Å². The van der Waals surface area contributed by atoms with Gasteiger partial charge in [0, 0.05) is 4.47 Å². The summed E-state index contributed by atoms with van der Waals surface area (Å²) < 4.78 is 1.03. The first-order valence-corrected chi connectivity index (χ1v) is 6.08. The monoisotopic (exact) mass is 283 g/mol. The van der Waals surface area contributed by atoms with E-state index < -0.39 is 11.5 Å². The third-order valence-electron chi connectivity index (χ3n) is 3.32. The molecule has 16 heavy (non-hydrogen) atoms. The van der Waals surface area contributed by atoms with Crippen molar-refractivity contribution in [2.45, 2.75) is 30.7 Å². The smallest absolute Gasteiger partial charge is 0.323 e. The molecule has 1 aliphatic rings. The number of hydrogen-bond donors (Lipinski definition) is 2. The van der Waals surface area contributed by atoms with Crippen molar-refractivity contribution in [1.29, 1.82) is 0 Å². The predicted molar refractivity (Wildman–Crippen MR) is 65.3 cm³/mol.